The third kappa shape index (κ3) is 3.03. The van der Waals surface area contributed by atoms with E-state index in [1.165, 1.54) is 12.2 Å². The summed E-state index contributed by atoms with van der Waals surface area (Å²) in [6, 6.07) is -0.511. The zero-order valence-corrected chi connectivity index (χ0v) is 9.44. The third-order valence-electron chi connectivity index (χ3n) is 2.52. The molecule has 2 atom stereocenters. The van der Waals surface area contributed by atoms with Gasteiger partial charge in [0.1, 0.15) is 12.6 Å². The van der Waals surface area contributed by atoms with Gasteiger partial charge in [0.15, 0.2) is 5.78 Å². The minimum absolute atomic E-state index is 0.0203. The average molecular weight is 223 g/mol. The average Bonchev–Trinajstić information content (AvgIpc) is 2.75. The Hall–Kier alpha value is -1.42. The van der Waals surface area contributed by atoms with Crippen molar-refractivity contribution < 1.29 is 14.3 Å². The van der Waals surface area contributed by atoms with Gasteiger partial charge in [-0.3, -0.25) is 9.59 Å². The van der Waals surface area contributed by atoms with E-state index in [1.807, 2.05) is 0 Å². The van der Waals surface area contributed by atoms with Crippen LogP contribution in [0.1, 0.15) is 13.3 Å². The van der Waals surface area contributed by atoms with Gasteiger partial charge in [0.05, 0.1) is 0 Å². The number of hydrogen-bond donors (Lipinski definition) is 1. The van der Waals surface area contributed by atoms with Crippen molar-refractivity contribution in [2.24, 2.45) is 5.92 Å². The fraction of sp³-hybridized carbons (Fsp3) is 0.500. The summed E-state index contributed by atoms with van der Waals surface area (Å²) in [5.41, 5.74) is 0. The molecule has 0 radical (unpaired) electrons. The monoisotopic (exact) mass is 223 g/mol. The van der Waals surface area contributed by atoms with Crippen molar-refractivity contribution in [2.45, 2.75) is 19.4 Å². The topological polar surface area (TPSA) is 55.4 Å². The van der Waals surface area contributed by atoms with E-state index in [9.17, 15) is 9.59 Å². The fourth-order valence-electron chi connectivity index (χ4n) is 1.78. The van der Waals surface area contributed by atoms with E-state index in [-0.39, 0.29) is 24.3 Å². The third-order valence-corrected chi connectivity index (χ3v) is 2.52. The molecular formula is C12H17NO3. The van der Waals surface area contributed by atoms with Gasteiger partial charge >= 0.3 is 5.97 Å². The van der Waals surface area contributed by atoms with Crippen LogP contribution in [0, 0.1) is 5.92 Å². The van der Waals surface area contributed by atoms with Crippen LogP contribution in [0.3, 0.4) is 0 Å². The van der Waals surface area contributed by atoms with E-state index in [0.717, 1.165) is 0 Å². The Morgan fingerprint density at radius 2 is 2.31 bits per heavy atom. The van der Waals surface area contributed by atoms with Crippen molar-refractivity contribution in [3.8, 4) is 0 Å². The maximum atomic E-state index is 11.7. The molecule has 4 nitrogen and oxygen atoms in total. The van der Waals surface area contributed by atoms with Crippen LogP contribution in [-0.2, 0) is 14.3 Å². The van der Waals surface area contributed by atoms with Crippen molar-refractivity contribution in [3.63, 3.8) is 0 Å². The van der Waals surface area contributed by atoms with Crippen molar-refractivity contribution >= 4 is 11.8 Å². The molecule has 1 N–H and O–H groups in total. The van der Waals surface area contributed by atoms with Crippen LogP contribution in [0.25, 0.3) is 0 Å². The lowest BCUT2D eigenvalue weighted by molar-refractivity contribution is -0.147. The molecule has 0 aromatic heterocycles. The molecular weight excluding hydrogens is 206 g/mol. The molecule has 4 heteroatoms. The summed E-state index contributed by atoms with van der Waals surface area (Å²) < 4.78 is 4.94. The summed E-state index contributed by atoms with van der Waals surface area (Å²) in [6.07, 6.45) is 5.38. The summed E-state index contributed by atoms with van der Waals surface area (Å²) in [6.45, 7) is 6.10. The molecule has 1 heterocycles. The highest BCUT2D eigenvalue weighted by Crippen LogP contribution is 2.18. The van der Waals surface area contributed by atoms with Gasteiger partial charge in [0, 0.05) is 5.92 Å². The maximum Gasteiger partial charge on any atom is 0.324 e. The Kier molecular flexibility index (Phi) is 4.92. The molecule has 88 valence electrons. The van der Waals surface area contributed by atoms with Crippen LogP contribution in [0.15, 0.2) is 24.8 Å². The second-order valence-corrected chi connectivity index (χ2v) is 3.65. The molecule has 0 saturated carbocycles. The number of nitrogens with one attached hydrogen (secondary N) is 1. The largest absolute Gasteiger partial charge is 0.460 e. The van der Waals surface area contributed by atoms with Gasteiger partial charge in [-0.2, -0.15) is 0 Å². The molecule has 0 spiro atoms. The first kappa shape index (κ1) is 12.6. The second kappa shape index (κ2) is 6.23. The summed E-state index contributed by atoms with van der Waals surface area (Å²) >= 11 is 0. The van der Waals surface area contributed by atoms with Crippen LogP contribution >= 0.6 is 0 Å². The van der Waals surface area contributed by atoms with Crippen LogP contribution < -0.4 is 5.32 Å². The van der Waals surface area contributed by atoms with E-state index in [1.54, 1.807) is 13.0 Å². The first-order chi connectivity index (χ1) is 7.70. The molecule has 0 amide bonds. The Balaban J connectivity index is 2.61. The molecule has 0 aliphatic carbocycles. The number of hydrogen-bond acceptors (Lipinski definition) is 4. The Morgan fingerprint density at radius 1 is 1.56 bits per heavy atom. The Labute approximate surface area is 95.4 Å². The van der Waals surface area contributed by atoms with Crippen molar-refractivity contribution in [3.05, 3.63) is 24.8 Å². The van der Waals surface area contributed by atoms with Crippen molar-refractivity contribution in [1.29, 1.82) is 0 Å². The lowest BCUT2D eigenvalue weighted by atomic mass is 9.95. The number of carbonyl (C=O) groups is 2. The van der Waals surface area contributed by atoms with Gasteiger partial charge in [-0.25, -0.2) is 0 Å². The molecule has 16 heavy (non-hydrogen) atoms. The lowest BCUT2D eigenvalue weighted by Crippen LogP contribution is -2.39. The number of ketones is 1. The SMILES string of the molecule is C=CCOC(=O)[C@H]1NCCC1C(=O)C=CC. The highest BCUT2D eigenvalue weighted by atomic mass is 16.5. The van der Waals surface area contributed by atoms with Gasteiger partial charge in [-0.1, -0.05) is 18.7 Å². The molecule has 0 aromatic carbocycles. The normalized spacial score (nSPS) is 24.6. The van der Waals surface area contributed by atoms with E-state index < -0.39 is 6.04 Å². The van der Waals surface area contributed by atoms with E-state index in [0.29, 0.717) is 13.0 Å². The van der Waals surface area contributed by atoms with Crippen LogP contribution in [0.5, 0.6) is 0 Å². The number of esters is 1. The highest BCUT2D eigenvalue weighted by molar-refractivity contribution is 5.96. The van der Waals surface area contributed by atoms with Crippen LogP contribution in [-0.4, -0.2) is 30.9 Å². The fourth-order valence-corrected chi connectivity index (χ4v) is 1.78. The number of carbonyl (C=O) groups excluding carboxylic acids is 2. The minimum atomic E-state index is -0.511. The van der Waals surface area contributed by atoms with Crippen LogP contribution in [0.4, 0.5) is 0 Å². The molecule has 0 bridgehead atoms. The quantitative estimate of drug-likeness (QED) is 0.426. The second-order valence-electron chi connectivity index (χ2n) is 3.65. The molecule has 1 rings (SSSR count). The molecule has 0 aromatic rings. The highest BCUT2D eigenvalue weighted by Gasteiger charge is 2.37. The van der Waals surface area contributed by atoms with Gasteiger partial charge in [0.25, 0.3) is 0 Å². The van der Waals surface area contributed by atoms with Gasteiger partial charge in [-0.15, -0.1) is 0 Å². The standard InChI is InChI=1S/C12H17NO3/c1-3-5-10(14)9-6-7-13-11(9)12(15)16-8-4-2/h3-5,9,11,13H,2,6-8H2,1H3/t9?,11-/m0/s1. The first-order valence-electron chi connectivity index (χ1n) is 5.38. The van der Waals surface area contributed by atoms with Gasteiger partial charge in [-0.05, 0) is 26.0 Å². The lowest BCUT2D eigenvalue weighted by Gasteiger charge is -2.15. The van der Waals surface area contributed by atoms with Crippen LogP contribution in [0.2, 0.25) is 0 Å². The summed E-state index contributed by atoms with van der Waals surface area (Å²) in [5, 5.41) is 2.99. The zero-order chi connectivity index (χ0) is 12.0. The molecule has 1 aliphatic heterocycles. The molecule has 1 aliphatic rings. The zero-order valence-electron chi connectivity index (χ0n) is 9.44. The van der Waals surface area contributed by atoms with Crippen molar-refractivity contribution in [2.75, 3.05) is 13.2 Å². The Morgan fingerprint density at radius 3 is 2.94 bits per heavy atom. The van der Waals surface area contributed by atoms with Gasteiger partial charge < -0.3 is 10.1 Å². The summed E-state index contributed by atoms with van der Waals surface area (Å²) in [4.78, 5) is 23.3. The summed E-state index contributed by atoms with van der Waals surface area (Å²) in [7, 11) is 0. The maximum absolute atomic E-state index is 11.7. The molecule has 1 unspecified atom stereocenters. The minimum Gasteiger partial charge on any atom is -0.460 e. The number of rotatable bonds is 5. The Bertz CT molecular complexity index is 309. The smallest absolute Gasteiger partial charge is 0.324 e. The predicted molar refractivity (Wildman–Crippen MR) is 60.9 cm³/mol. The predicted octanol–water partition coefficient (Wildman–Crippen LogP) is 0.839. The van der Waals surface area contributed by atoms with Gasteiger partial charge in [0.2, 0.25) is 0 Å². The molecule has 1 fully saturated rings. The first-order valence-corrected chi connectivity index (χ1v) is 5.38. The van der Waals surface area contributed by atoms with E-state index in [4.69, 9.17) is 4.74 Å². The van der Waals surface area contributed by atoms with E-state index >= 15 is 0 Å². The summed E-state index contributed by atoms with van der Waals surface area (Å²) in [5.74, 6) is -0.693. The number of ether oxygens (including phenoxy) is 1. The van der Waals surface area contributed by atoms with Crippen molar-refractivity contribution in [1.82, 2.24) is 5.32 Å². The van der Waals surface area contributed by atoms with E-state index in [2.05, 4.69) is 11.9 Å². The molecule has 1 saturated heterocycles. The number of allylic oxidation sites excluding steroid dienone is 2.